The molecule has 1 atom stereocenters. The SMILES string of the molecule is CCN1CCN(CCNC(=O)c2cc3n(n2)C[C@@H](Oc2ccncc2)C3)CC1. The van der Waals surface area contributed by atoms with E-state index >= 15 is 0 Å². The Kier molecular flexibility index (Phi) is 5.87. The van der Waals surface area contributed by atoms with Gasteiger partial charge in [-0.1, -0.05) is 6.92 Å². The molecule has 1 saturated heterocycles. The first kappa shape index (κ1) is 18.9. The van der Waals surface area contributed by atoms with Crippen molar-refractivity contribution >= 4 is 5.91 Å². The standard InChI is InChI=1S/C20H28N6O2/c1-2-24-9-11-25(12-10-24)8-7-22-20(27)19-14-16-13-18(15-26(16)23-19)28-17-3-5-21-6-4-17/h3-6,14,18H,2,7-13,15H2,1H3,(H,22,27)/t18-/m0/s1. The minimum atomic E-state index is -0.0966. The molecule has 2 aliphatic rings. The Morgan fingerprint density at radius 3 is 2.68 bits per heavy atom. The van der Waals surface area contributed by atoms with Crippen LogP contribution in [0.3, 0.4) is 0 Å². The smallest absolute Gasteiger partial charge is 0.271 e. The van der Waals surface area contributed by atoms with Gasteiger partial charge in [-0.3, -0.25) is 19.4 Å². The molecule has 28 heavy (non-hydrogen) atoms. The number of nitrogens with zero attached hydrogens (tertiary/aromatic N) is 5. The summed E-state index contributed by atoms with van der Waals surface area (Å²) < 4.78 is 7.83. The predicted molar refractivity (Wildman–Crippen MR) is 105 cm³/mol. The molecule has 8 nitrogen and oxygen atoms in total. The minimum absolute atomic E-state index is 0.0452. The van der Waals surface area contributed by atoms with Gasteiger partial charge >= 0.3 is 0 Å². The Bertz CT molecular complexity index is 762. The summed E-state index contributed by atoms with van der Waals surface area (Å²) in [7, 11) is 0. The summed E-state index contributed by atoms with van der Waals surface area (Å²) in [6, 6.07) is 5.58. The number of fused-ring (bicyclic) bond motifs is 1. The maximum absolute atomic E-state index is 12.4. The number of piperazine rings is 1. The van der Waals surface area contributed by atoms with Gasteiger partial charge in [0.1, 0.15) is 17.5 Å². The van der Waals surface area contributed by atoms with Gasteiger partial charge in [0.05, 0.1) is 6.54 Å². The molecule has 2 aliphatic heterocycles. The van der Waals surface area contributed by atoms with E-state index in [0.29, 0.717) is 18.8 Å². The van der Waals surface area contributed by atoms with Crippen LogP contribution in [0.4, 0.5) is 0 Å². The zero-order valence-electron chi connectivity index (χ0n) is 16.4. The van der Waals surface area contributed by atoms with Crippen LogP contribution in [0, 0.1) is 0 Å². The molecule has 0 unspecified atom stereocenters. The largest absolute Gasteiger partial charge is 0.488 e. The molecule has 1 fully saturated rings. The highest BCUT2D eigenvalue weighted by molar-refractivity contribution is 5.92. The molecule has 0 aromatic carbocycles. The van der Waals surface area contributed by atoms with Gasteiger partial charge in [0, 0.05) is 63.8 Å². The van der Waals surface area contributed by atoms with Crippen LogP contribution in [0.1, 0.15) is 23.1 Å². The van der Waals surface area contributed by atoms with Crippen molar-refractivity contribution in [1.29, 1.82) is 0 Å². The number of carbonyl (C=O) groups excluding carboxylic acids is 1. The predicted octanol–water partition coefficient (Wildman–Crippen LogP) is 0.649. The van der Waals surface area contributed by atoms with Crippen molar-refractivity contribution < 1.29 is 9.53 Å². The molecule has 1 N–H and O–H groups in total. The second-order valence-corrected chi connectivity index (χ2v) is 7.36. The van der Waals surface area contributed by atoms with Crippen molar-refractivity contribution in [3.63, 3.8) is 0 Å². The van der Waals surface area contributed by atoms with Gasteiger partial charge in [0.2, 0.25) is 0 Å². The van der Waals surface area contributed by atoms with Crippen molar-refractivity contribution in [3.8, 4) is 5.75 Å². The average molecular weight is 384 g/mol. The van der Waals surface area contributed by atoms with Crippen LogP contribution in [-0.2, 0) is 13.0 Å². The molecule has 4 heterocycles. The van der Waals surface area contributed by atoms with Crippen LogP contribution in [0.15, 0.2) is 30.6 Å². The van der Waals surface area contributed by atoms with E-state index in [9.17, 15) is 4.79 Å². The third-order valence-corrected chi connectivity index (χ3v) is 5.49. The van der Waals surface area contributed by atoms with Gasteiger partial charge in [0.25, 0.3) is 5.91 Å². The first-order valence-corrected chi connectivity index (χ1v) is 10.1. The second-order valence-electron chi connectivity index (χ2n) is 7.36. The zero-order valence-corrected chi connectivity index (χ0v) is 16.4. The van der Waals surface area contributed by atoms with Crippen molar-refractivity contribution in [2.45, 2.75) is 26.0 Å². The number of aromatic nitrogens is 3. The van der Waals surface area contributed by atoms with Gasteiger partial charge in [-0.2, -0.15) is 5.10 Å². The lowest BCUT2D eigenvalue weighted by Crippen LogP contribution is -2.48. The molecule has 0 radical (unpaired) electrons. The molecule has 0 aliphatic carbocycles. The van der Waals surface area contributed by atoms with E-state index in [4.69, 9.17) is 4.74 Å². The fourth-order valence-electron chi connectivity index (χ4n) is 3.81. The highest BCUT2D eigenvalue weighted by Crippen LogP contribution is 2.21. The van der Waals surface area contributed by atoms with Crippen molar-refractivity contribution in [3.05, 3.63) is 42.0 Å². The van der Waals surface area contributed by atoms with Gasteiger partial charge < -0.3 is 15.0 Å². The number of hydrogen-bond acceptors (Lipinski definition) is 6. The molecule has 0 saturated carbocycles. The first-order chi connectivity index (χ1) is 13.7. The summed E-state index contributed by atoms with van der Waals surface area (Å²) >= 11 is 0. The van der Waals surface area contributed by atoms with Crippen LogP contribution < -0.4 is 10.1 Å². The molecule has 1 amide bonds. The van der Waals surface area contributed by atoms with Crippen LogP contribution in [0.2, 0.25) is 0 Å². The normalized spacial score (nSPS) is 20.1. The highest BCUT2D eigenvalue weighted by atomic mass is 16.5. The monoisotopic (exact) mass is 384 g/mol. The van der Waals surface area contributed by atoms with E-state index in [2.05, 4.69) is 32.1 Å². The Morgan fingerprint density at radius 2 is 1.96 bits per heavy atom. The highest BCUT2D eigenvalue weighted by Gasteiger charge is 2.26. The number of pyridine rings is 1. The van der Waals surface area contributed by atoms with Crippen LogP contribution in [-0.4, -0.2) is 82.4 Å². The summed E-state index contributed by atoms with van der Waals surface area (Å²) in [4.78, 5) is 21.3. The lowest BCUT2D eigenvalue weighted by molar-refractivity contribution is 0.0931. The number of hydrogen-bond donors (Lipinski definition) is 1. The van der Waals surface area contributed by atoms with E-state index < -0.39 is 0 Å². The molecular formula is C20H28N6O2. The first-order valence-electron chi connectivity index (χ1n) is 10.1. The van der Waals surface area contributed by atoms with Crippen LogP contribution >= 0.6 is 0 Å². The minimum Gasteiger partial charge on any atom is -0.488 e. The third kappa shape index (κ3) is 4.51. The molecule has 0 spiro atoms. The summed E-state index contributed by atoms with van der Waals surface area (Å²) in [5, 5.41) is 7.46. The van der Waals surface area contributed by atoms with E-state index in [0.717, 1.165) is 57.1 Å². The van der Waals surface area contributed by atoms with E-state index in [1.807, 2.05) is 22.9 Å². The third-order valence-electron chi connectivity index (χ3n) is 5.49. The molecule has 0 bridgehead atoms. The quantitative estimate of drug-likeness (QED) is 0.756. The van der Waals surface area contributed by atoms with Crippen molar-refractivity contribution in [2.75, 3.05) is 45.8 Å². The van der Waals surface area contributed by atoms with Crippen LogP contribution in [0.25, 0.3) is 0 Å². The number of rotatable bonds is 7. The number of ether oxygens (including phenoxy) is 1. The number of nitrogens with one attached hydrogen (secondary N) is 1. The summed E-state index contributed by atoms with van der Waals surface area (Å²) in [6.07, 6.45) is 4.23. The Hall–Kier alpha value is -2.45. The maximum atomic E-state index is 12.4. The van der Waals surface area contributed by atoms with Crippen LogP contribution in [0.5, 0.6) is 5.75 Å². The molecule has 2 aromatic heterocycles. The van der Waals surface area contributed by atoms with Gasteiger partial charge in [-0.15, -0.1) is 0 Å². The van der Waals surface area contributed by atoms with Gasteiger partial charge in [-0.05, 0) is 24.7 Å². The Morgan fingerprint density at radius 1 is 1.21 bits per heavy atom. The van der Waals surface area contributed by atoms with Crippen molar-refractivity contribution in [2.24, 2.45) is 0 Å². The van der Waals surface area contributed by atoms with Gasteiger partial charge in [-0.25, -0.2) is 0 Å². The molecule has 2 aromatic rings. The molecule has 4 rings (SSSR count). The zero-order chi connectivity index (χ0) is 19.3. The lowest BCUT2D eigenvalue weighted by Gasteiger charge is -2.33. The van der Waals surface area contributed by atoms with Gasteiger partial charge in [0.15, 0.2) is 0 Å². The average Bonchev–Trinajstić information content (AvgIpc) is 3.28. The topological polar surface area (TPSA) is 75.5 Å². The molecular weight excluding hydrogens is 356 g/mol. The lowest BCUT2D eigenvalue weighted by atomic mass is 10.2. The van der Waals surface area contributed by atoms with E-state index in [-0.39, 0.29) is 12.0 Å². The van der Waals surface area contributed by atoms with E-state index in [1.165, 1.54) is 0 Å². The summed E-state index contributed by atoms with van der Waals surface area (Å²) in [6.45, 7) is 9.88. The Balaban J connectivity index is 1.21. The van der Waals surface area contributed by atoms with Crippen molar-refractivity contribution in [1.82, 2.24) is 29.9 Å². The molecule has 150 valence electrons. The maximum Gasteiger partial charge on any atom is 0.271 e. The number of carbonyl (C=O) groups is 1. The molecule has 8 heteroatoms. The number of amides is 1. The fraction of sp³-hybridized carbons (Fsp3) is 0.550. The number of likely N-dealkylation sites (N-methyl/N-ethyl adjacent to an activating group) is 1. The van der Waals surface area contributed by atoms with E-state index in [1.54, 1.807) is 12.4 Å². The second kappa shape index (κ2) is 8.70. The Labute approximate surface area is 165 Å². The summed E-state index contributed by atoms with van der Waals surface area (Å²) in [5.74, 6) is 0.712. The summed E-state index contributed by atoms with van der Waals surface area (Å²) in [5.41, 5.74) is 1.54. The fourth-order valence-corrected chi connectivity index (χ4v) is 3.81.